The minimum absolute atomic E-state index is 0.240. The smallest absolute Gasteiger partial charge is 0.0678 e. The van der Waals surface area contributed by atoms with Crippen LogP contribution in [0.3, 0.4) is 0 Å². The summed E-state index contributed by atoms with van der Waals surface area (Å²) in [6, 6.07) is 0. The van der Waals surface area contributed by atoms with Gasteiger partial charge in [-0.2, -0.15) is 0 Å². The van der Waals surface area contributed by atoms with Crippen molar-refractivity contribution in [3.05, 3.63) is 36.5 Å². The van der Waals surface area contributed by atoms with E-state index in [0.29, 0.717) is 24.5 Å². The first-order chi connectivity index (χ1) is 9.27. The molecule has 0 saturated heterocycles. The van der Waals surface area contributed by atoms with Crippen molar-refractivity contribution in [1.29, 1.82) is 0 Å². The zero-order valence-electron chi connectivity index (χ0n) is 14.1. The largest absolute Gasteiger partial charge is 0.374 e. The molecule has 0 fully saturated rings. The van der Waals surface area contributed by atoms with E-state index in [1.54, 1.807) is 0 Å². The molecule has 1 aliphatic heterocycles. The molecule has 0 aliphatic carbocycles. The highest BCUT2D eigenvalue weighted by Gasteiger charge is 2.14. The van der Waals surface area contributed by atoms with Gasteiger partial charge in [-0.05, 0) is 33.6 Å². The predicted octanol–water partition coefficient (Wildman–Crippen LogP) is 4.78. The summed E-state index contributed by atoms with van der Waals surface area (Å²) in [5.41, 5.74) is 2.42. The molecule has 20 heavy (non-hydrogen) atoms. The van der Waals surface area contributed by atoms with Gasteiger partial charge in [0.2, 0.25) is 0 Å². The van der Waals surface area contributed by atoms with Gasteiger partial charge in [-0.1, -0.05) is 43.7 Å². The monoisotopic (exact) mass is 280 g/mol. The third-order valence-electron chi connectivity index (χ3n) is 3.57. The lowest BCUT2D eigenvalue weighted by atomic mass is 10.0. The van der Waals surface area contributed by atoms with Gasteiger partial charge >= 0.3 is 0 Å². The van der Waals surface area contributed by atoms with E-state index in [9.17, 15) is 0 Å². The highest BCUT2D eigenvalue weighted by molar-refractivity contribution is 5.05. The van der Waals surface area contributed by atoms with Crippen molar-refractivity contribution in [2.75, 3.05) is 13.2 Å². The Morgan fingerprint density at radius 2 is 2.10 bits per heavy atom. The standard InChI is InChI=1S/C10H18O.C8H14O/c1-6-9(4)10(5)11-7-8(2)3;1-6-4-7(2)8(3)9-5-6/h6,9-10H,1-2,7H2,3-5H3;4,7-8H,5H2,1-3H3/t9-,10-;7-,8-/m11/s1. The zero-order valence-corrected chi connectivity index (χ0v) is 14.1. The summed E-state index contributed by atoms with van der Waals surface area (Å²) in [4.78, 5) is 0. The molecule has 0 bridgehead atoms. The van der Waals surface area contributed by atoms with Crippen LogP contribution in [0, 0.1) is 11.8 Å². The number of rotatable bonds is 5. The Kier molecular flexibility index (Phi) is 9.52. The van der Waals surface area contributed by atoms with Crippen molar-refractivity contribution in [3.8, 4) is 0 Å². The maximum atomic E-state index is 5.49. The average Bonchev–Trinajstić information content (AvgIpc) is 2.40. The van der Waals surface area contributed by atoms with Crippen LogP contribution in [0.15, 0.2) is 36.5 Å². The summed E-state index contributed by atoms with van der Waals surface area (Å²) in [7, 11) is 0. The zero-order chi connectivity index (χ0) is 15.7. The summed E-state index contributed by atoms with van der Waals surface area (Å²) in [5, 5.41) is 0. The third kappa shape index (κ3) is 8.34. The van der Waals surface area contributed by atoms with Gasteiger partial charge in [0, 0.05) is 5.92 Å². The highest BCUT2D eigenvalue weighted by Crippen LogP contribution is 2.17. The Morgan fingerprint density at radius 3 is 2.50 bits per heavy atom. The van der Waals surface area contributed by atoms with Gasteiger partial charge in [0.15, 0.2) is 0 Å². The molecule has 1 heterocycles. The van der Waals surface area contributed by atoms with Crippen molar-refractivity contribution in [3.63, 3.8) is 0 Å². The molecule has 1 rings (SSSR count). The van der Waals surface area contributed by atoms with Crippen LogP contribution in [-0.2, 0) is 9.47 Å². The van der Waals surface area contributed by atoms with Crippen LogP contribution in [0.2, 0.25) is 0 Å². The molecule has 0 unspecified atom stereocenters. The van der Waals surface area contributed by atoms with E-state index in [2.05, 4.69) is 53.9 Å². The van der Waals surface area contributed by atoms with Gasteiger partial charge in [-0.3, -0.25) is 0 Å². The van der Waals surface area contributed by atoms with Gasteiger partial charge in [0.25, 0.3) is 0 Å². The first-order valence-electron chi connectivity index (χ1n) is 7.45. The Hall–Kier alpha value is -0.860. The van der Waals surface area contributed by atoms with Crippen molar-refractivity contribution in [1.82, 2.24) is 0 Å². The fourth-order valence-electron chi connectivity index (χ4n) is 1.66. The minimum atomic E-state index is 0.240. The SMILES string of the molecule is C=C[C@@H](C)[C@@H](C)OCC(=C)C.CC1=C[C@@H](C)[C@@H](C)OC1. The Morgan fingerprint density at radius 1 is 1.50 bits per heavy atom. The van der Waals surface area contributed by atoms with Crippen LogP contribution < -0.4 is 0 Å². The molecule has 4 atom stereocenters. The summed E-state index contributed by atoms with van der Waals surface area (Å²) < 4.78 is 10.9. The molecule has 0 spiro atoms. The van der Waals surface area contributed by atoms with Crippen molar-refractivity contribution < 1.29 is 9.47 Å². The quantitative estimate of drug-likeness (QED) is 0.675. The Balaban J connectivity index is 0.000000367. The van der Waals surface area contributed by atoms with E-state index in [4.69, 9.17) is 9.47 Å². The maximum Gasteiger partial charge on any atom is 0.0678 e. The lowest BCUT2D eigenvalue weighted by Gasteiger charge is -2.23. The Labute approximate surface area is 125 Å². The molecule has 0 aromatic heterocycles. The Bertz CT molecular complexity index is 330. The van der Waals surface area contributed by atoms with E-state index >= 15 is 0 Å². The van der Waals surface area contributed by atoms with Crippen LogP contribution in [0.5, 0.6) is 0 Å². The summed E-state index contributed by atoms with van der Waals surface area (Å²) >= 11 is 0. The van der Waals surface area contributed by atoms with E-state index in [0.717, 1.165) is 12.2 Å². The van der Waals surface area contributed by atoms with Crippen LogP contribution in [-0.4, -0.2) is 25.4 Å². The molecular formula is C18H32O2. The number of hydrogen-bond donors (Lipinski definition) is 0. The topological polar surface area (TPSA) is 18.5 Å². The van der Waals surface area contributed by atoms with Crippen molar-refractivity contribution in [2.24, 2.45) is 11.8 Å². The molecule has 0 aromatic carbocycles. The molecule has 0 amide bonds. The second-order valence-corrected chi connectivity index (χ2v) is 5.96. The van der Waals surface area contributed by atoms with E-state index in [1.807, 2.05) is 13.0 Å². The van der Waals surface area contributed by atoms with Crippen molar-refractivity contribution in [2.45, 2.75) is 53.8 Å². The van der Waals surface area contributed by atoms with Crippen LogP contribution >= 0.6 is 0 Å². The third-order valence-corrected chi connectivity index (χ3v) is 3.57. The molecular weight excluding hydrogens is 248 g/mol. The summed E-state index contributed by atoms with van der Waals surface area (Å²) in [6.07, 6.45) is 4.84. The first kappa shape index (κ1) is 19.1. The normalized spacial score (nSPS) is 24.8. The minimum Gasteiger partial charge on any atom is -0.374 e. The molecule has 0 aromatic rings. The van der Waals surface area contributed by atoms with Gasteiger partial charge < -0.3 is 9.47 Å². The predicted molar refractivity (Wildman–Crippen MR) is 87.9 cm³/mol. The van der Waals surface area contributed by atoms with E-state index in [-0.39, 0.29) is 6.10 Å². The summed E-state index contributed by atoms with van der Waals surface area (Å²) in [5.74, 6) is 1.01. The fraction of sp³-hybridized carbons (Fsp3) is 0.667. The van der Waals surface area contributed by atoms with Gasteiger partial charge in [0.05, 0.1) is 25.4 Å². The van der Waals surface area contributed by atoms with Gasteiger partial charge in [-0.25, -0.2) is 0 Å². The molecule has 0 saturated carbocycles. The number of ether oxygens (including phenoxy) is 2. The van der Waals surface area contributed by atoms with Gasteiger partial charge in [-0.15, -0.1) is 6.58 Å². The lowest BCUT2D eigenvalue weighted by Crippen LogP contribution is -2.22. The molecule has 2 heteroatoms. The fourth-order valence-corrected chi connectivity index (χ4v) is 1.66. The molecule has 0 N–H and O–H groups in total. The molecule has 1 aliphatic rings. The first-order valence-corrected chi connectivity index (χ1v) is 7.45. The van der Waals surface area contributed by atoms with Crippen LogP contribution in [0.25, 0.3) is 0 Å². The molecule has 2 nitrogen and oxygen atoms in total. The van der Waals surface area contributed by atoms with Crippen LogP contribution in [0.4, 0.5) is 0 Å². The van der Waals surface area contributed by atoms with E-state index in [1.165, 1.54) is 5.57 Å². The maximum absolute atomic E-state index is 5.49. The van der Waals surface area contributed by atoms with E-state index < -0.39 is 0 Å². The molecule has 0 radical (unpaired) electrons. The second-order valence-electron chi connectivity index (χ2n) is 5.96. The average molecular weight is 280 g/mol. The van der Waals surface area contributed by atoms with Crippen LogP contribution in [0.1, 0.15) is 41.5 Å². The molecule has 116 valence electrons. The lowest BCUT2D eigenvalue weighted by molar-refractivity contribution is 0.0466. The highest BCUT2D eigenvalue weighted by atomic mass is 16.5. The number of hydrogen-bond acceptors (Lipinski definition) is 2. The van der Waals surface area contributed by atoms with Crippen molar-refractivity contribution >= 4 is 0 Å². The second kappa shape index (κ2) is 9.95. The summed E-state index contributed by atoms with van der Waals surface area (Å²) in [6.45, 7) is 21.5. The van der Waals surface area contributed by atoms with Gasteiger partial charge in [0.1, 0.15) is 0 Å².